The number of nitrogens with zero attached hydrogens (tertiary/aromatic N) is 2. The Balaban J connectivity index is 2.23. The highest BCUT2D eigenvalue weighted by Crippen LogP contribution is 2.28. The number of pyridine rings is 1. The molecule has 0 aromatic carbocycles. The molecule has 0 bridgehead atoms. The molecule has 0 spiro atoms. The molecule has 0 unspecified atom stereocenters. The molecule has 0 radical (unpaired) electrons. The number of aromatic nitrogens is 1. The lowest BCUT2D eigenvalue weighted by Crippen LogP contribution is -2.48. The fourth-order valence-corrected chi connectivity index (χ4v) is 2.46. The van der Waals surface area contributed by atoms with Crippen LogP contribution in [0.5, 0.6) is 0 Å². The summed E-state index contributed by atoms with van der Waals surface area (Å²) in [7, 11) is 0. The molecule has 1 aromatic heterocycles. The highest BCUT2D eigenvalue weighted by atomic mass is 19.4. The van der Waals surface area contributed by atoms with E-state index in [0.717, 1.165) is 6.07 Å². The third-order valence-corrected chi connectivity index (χ3v) is 3.31. The van der Waals surface area contributed by atoms with Crippen LogP contribution >= 0.6 is 0 Å². The molecule has 0 saturated carbocycles. The quantitative estimate of drug-likeness (QED) is 0.801. The van der Waals surface area contributed by atoms with Crippen molar-refractivity contribution in [2.45, 2.75) is 39.2 Å². The average molecular weight is 302 g/mol. The zero-order valence-corrected chi connectivity index (χ0v) is 12.1. The Hall–Kier alpha value is -1.63. The van der Waals surface area contributed by atoms with Crippen molar-refractivity contribution in [2.24, 2.45) is 0 Å². The smallest absolute Gasteiger partial charge is 0.372 e. The van der Waals surface area contributed by atoms with Gasteiger partial charge in [0.05, 0.1) is 23.5 Å². The first kappa shape index (κ1) is 15.8. The molecule has 2 heterocycles. The Kier molecular flexibility index (Phi) is 4.22. The third-order valence-electron chi connectivity index (χ3n) is 3.31. The molecule has 1 aliphatic rings. The van der Waals surface area contributed by atoms with Crippen LogP contribution in [0.1, 0.15) is 35.6 Å². The molecule has 1 saturated heterocycles. The largest absolute Gasteiger partial charge is 0.433 e. The van der Waals surface area contributed by atoms with E-state index in [1.165, 1.54) is 13.0 Å². The van der Waals surface area contributed by atoms with Crippen molar-refractivity contribution in [2.75, 3.05) is 13.1 Å². The van der Waals surface area contributed by atoms with Crippen LogP contribution in [0.4, 0.5) is 13.2 Å². The van der Waals surface area contributed by atoms with Gasteiger partial charge < -0.3 is 9.64 Å². The van der Waals surface area contributed by atoms with Crippen LogP contribution in [0.3, 0.4) is 0 Å². The Bertz CT molecular complexity index is 536. The second kappa shape index (κ2) is 5.63. The average Bonchev–Trinajstić information content (AvgIpc) is 2.35. The zero-order chi connectivity index (χ0) is 15.8. The van der Waals surface area contributed by atoms with E-state index < -0.39 is 11.9 Å². The molecule has 1 aliphatic heterocycles. The Morgan fingerprint density at radius 2 is 1.86 bits per heavy atom. The van der Waals surface area contributed by atoms with Gasteiger partial charge in [-0.05, 0) is 32.9 Å². The number of carbonyl (C=O) groups is 1. The molecule has 0 aliphatic carbocycles. The van der Waals surface area contributed by atoms with E-state index in [4.69, 9.17) is 4.74 Å². The van der Waals surface area contributed by atoms with E-state index in [-0.39, 0.29) is 29.4 Å². The molecule has 1 fully saturated rings. The minimum atomic E-state index is -4.51. The summed E-state index contributed by atoms with van der Waals surface area (Å²) in [6.07, 6.45) is -4.70. The number of hydrogen-bond donors (Lipinski definition) is 0. The predicted molar refractivity (Wildman–Crippen MR) is 69.9 cm³/mol. The second-order valence-corrected chi connectivity index (χ2v) is 5.29. The normalized spacial score (nSPS) is 23.2. The van der Waals surface area contributed by atoms with Crippen molar-refractivity contribution in [1.82, 2.24) is 9.88 Å². The molecule has 116 valence electrons. The zero-order valence-electron chi connectivity index (χ0n) is 12.1. The lowest BCUT2D eigenvalue weighted by atomic mass is 10.1. The maximum Gasteiger partial charge on any atom is 0.433 e. The van der Waals surface area contributed by atoms with Gasteiger partial charge in [0.1, 0.15) is 5.69 Å². The van der Waals surface area contributed by atoms with E-state index >= 15 is 0 Å². The van der Waals surface area contributed by atoms with E-state index in [2.05, 4.69) is 4.98 Å². The summed E-state index contributed by atoms with van der Waals surface area (Å²) in [4.78, 5) is 17.5. The van der Waals surface area contributed by atoms with Crippen molar-refractivity contribution in [3.63, 3.8) is 0 Å². The first-order valence-corrected chi connectivity index (χ1v) is 6.68. The van der Waals surface area contributed by atoms with Gasteiger partial charge in [0.25, 0.3) is 5.91 Å². The van der Waals surface area contributed by atoms with Crippen LogP contribution in [0.2, 0.25) is 0 Å². The molecule has 2 rings (SSSR count). The standard InChI is InChI=1S/C14H17F3N2O2/c1-8-6-19(7-9(2)21-8)13(20)11-4-5-12(14(15,16)17)18-10(11)3/h4-5,8-9H,6-7H2,1-3H3/t8-,9+. The number of amides is 1. The van der Waals surface area contributed by atoms with Crippen LogP contribution < -0.4 is 0 Å². The number of alkyl halides is 3. The van der Waals surface area contributed by atoms with Gasteiger partial charge in [-0.15, -0.1) is 0 Å². The van der Waals surface area contributed by atoms with Gasteiger partial charge in [0.15, 0.2) is 0 Å². The van der Waals surface area contributed by atoms with Gasteiger partial charge >= 0.3 is 6.18 Å². The first-order valence-electron chi connectivity index (χ1n) is 6.68. The van der Waals surface area contributed by atoms with E-state index in [0.29, 0.717) is 13.1 Å². The Morgan fingerprint density at radius 1 is 1.29 bits per heavy atom. The highest BCUT2D eigenvalue weighted by molar-refractivity contribution is 5.95. The molecule has 1 aromatic rings. The van der Waals surface area contributed by atoms with Crippen LogP contribution in [0, 0.1) is 6.92 Å². The van der Waals surface area contributed by atoms with Crippen molar-refractivity contribution in [3.8, 4) is 0 Å². The van der Waals surface area contributed by atoms with Gasteiger partial charge in [-0.2, -0.15) is 13.2 Å². The van der Waals surface area contributed by atoms with Crippen molar-refractivity contribution in [3.05, 3.63) is 29.1 Å². The van der Waals surface area contributed by atoms with Crippen molar-refractivity contribution in [1.29, 1.82) is 0 Å². The third kappa shape index (κ3) is 3.53. The van der Waals surface area contributed by atoms with Gasteiger partial charge in [0.2, 0.25) is 0 Å². The van der Waals surface area contributed by atoms with Gasteiger partial charge in [0, 0.05) is 13.1 Å². The van der Waals surface area contributed by atoms with Crippen molar-refractivity contribution >= 4 is 5.91 Å². The lowest BCUT2D eigenvalue weighted by molar-refractivity contribution is -0.141. The molecular formula is C14H17F3N2O2. The van der Waals surface area contributed by atoms with Crippen LogP contribution in [-0.2, 0) is 10.9 Å². The topological polar surface area (TPSA) is 42.4 Å². The fourth-order valence-electron chi connectivity index (χ4n) is 2.46. The Morgan fingerprint density at radius 3 is 2.33 bits per heavy atom. The highest BCUT2D eigenvalue weighted by Gasteiger charge is 2.34. The van der Waals surface area contributed by atoms with E-state index in [1.54, 1.807) is 4.90 Å². The molecule has 21 heavy (non-hydrogen) atoms. The summed E-state index contributed by atoms with van der Waals surface area (Å²) in [5.41, 5.74) is -0.703. The number of halogens is 3. The van der Waals surface area contributed by atoms with Crippen LogP contribution in [0.25, 0.3) is 0 Å². The molecular weight excluding hydrogens is 285 g/mol. The maximum absolute atomic E-state index is 12.6. The summed E-state index contributed by atoms with van der Waals surface area (Å²) in [5.74, 6) is -0.310. The molecule has 0 N–H and O–H groups in total. The maximum atomic E-state index is 12.6. The first-order chi connectivity index (χ1) is 9.68. The number of hydrogen-bond acceptors (Lipinski definition) is 3. The van der Waals surface area contributed by atoms with Gasteiger partial charge in [-0.3, -0.25) is 4.79 Å². The van der Waals surface area contributed by atoms with E-state index in [1.807, 2.05) is 13.8 Å². The van der Waals surface area contributed by atoms with Crippen molar-refractivity contribution < 1.29 is 22.7 Å². The summed E-state index contributed by atoms with van der Waals surface area (Å²) in [6.45, 7) is 5.96. The number of morpholine rings is 1. The molecule has 7 heteroatoms. The summed E-state index contributed by atoms with van der Waals surface area (Å²) >= 11 is 0. The molecule has 4 nitrogen and oxygen atoms in total. The van der Waals surface area contributed by atoms with Crippen LogP contribution in [-0.4, -0.2) is 41.1 Å². The fraction of sp³-hybridized carbons (Fsp3) is 0.571. The number of aryl methyl sites for hydroxylation is 1. The minimum absolute atomic E-state index is 0.0848. The SMILES string of the molecule is Cc1nc(C(F)(F)F)ccc1C(=O)N1C[C@@H](C)O[C@@H](C)C1. The Labute approximate surface area is 120 Å². The molecule has 1 amide bonds. The number of rotatable bonds is 1. The van der Waals surface area contributed by atoms with Gasteiger partial charge in [-0.1, -0.05) is 0 Å². The minimum Gasteiger partial charge on any atom is -0.372 e. The van der Waals surface area contributed by atoms with Gasteiger partial charge in [-0.25, -0.2) is 4.98 Å². The predicted octanol–water partition coefficient (Wildman–Crippen LogP) is 2.66. The monoisotopic (exact) mass is 302 g/mol. The summed E-state index contributed by atoms with van der Waals surface area (Å²) in [6, 6.07) is 2.03. The van der Waals surface area contributed by atoms with E-state index in [9.17, 15) is 18.0 Å². The van der Waals surface area contributed by atoms with Crippen LogP contribution in [0.15, 0.2) is 12.1 Å². The number of carbonyl (C=O) groups excluding carboxylic acids is 1. The second-order valence-electron chi connectivity index (χ2n) is 5.29. The summed E-state index contributed by atoms with van der Waals surface area (Å²) in [5, 5.41) is 0. The molecule has 2 atom stereocenters. The number of ether oxygens (including phenoxy) is 1. The summed E-state index contributed by atoms with van der Waals surface area (Å²) < 4.78 is 43.3. The lowest BCUT2D eigenvalue weighted by Gasteiger charge is -2.35.